The minimum atomic E-state index is -0.445. The van der Waals surface area contributed by atoms with Crippen LogP contribution in [0.1, 0.15) is 19.0 Å². The summed E-state index contributed by atoms with van der Waals surface area (Å²) in [6.45, 7) is 5.74. The fraction of sp³-hybridized carbons (Fsp3) is 0.667. The van der Waals surface area contributed by atoms with Crippen molar-refractivity contribution in [2.24, 2.45) is 0 Å². The molecule has 0 fully saturated rings. The molecular weight excluding hydrogens is 260 g/mol. The zero-order valence-corrected chi connectivity index (χ0v) is 12.4. The maximum Gasteiger partial charge on any atom is 0.332 e. The lowest BCUT2D eigenvalue weighted by Gasteiger charge is -2.12. The van der Waals surface area contributed by atoms with Crippen molar-refractivity contribution in [1.82, 2.24) is 14.9 Å². The van der Waals surface area contributed by atoms with Crippen LogP contribution in [0.25, 0.3) is 0 Å². The number of nitro groups is 1. The van der Waals surface area contributed by atoms with Crippen molar-refractivity contribution in [2.75, 3.05) is 44.4 Å². The average Bonchev–Trinajstić information content (AvgIpc) is 2.33. The number of nitrogens with one attached hydrogen (secondary N) is 2. The second kappa shape index (κ2) is 7.59. The van der Waals surface area contributed by atoms with E-state index in [1.54, 1.807) is 6.92 Å². The number of rotatable bonds is 8. The highest BCUT2D eigenvalue weighted by molar-refractivity contribution is 5.60. The van der Waals surface area contributed by atoms with Crippen molar-refractivity contribution in [1.29, 1.82) is 0 Å². The highest BCUT2D eigenvalue weighted by Crippen LogP contribution is 2.26. The molecule has 1 heterocycles. The van der Waals surface area contributed by atoms with Gasteiger partial charge in [0.15, 0.2) is 0 Å². The lowest BCUT2D eigenvalue weighted by Crippen LogP contribution is -2.17. The Morgan fingerprint density at radius 3 is 2.55 bits per heavy atom. The lowest BCUT2D eigenvalue weighted by atomic mass is 10.3. The van der Waals surface area contributed by atoms with Gasteiger partial charge in [0.2, 0.25) is 11.8 Å². The van der Waals surface area contributed by atoms with Crippen molar-refractivity contribution in [3.63, 3.8) is 0 Å². The molecule has 8 heteroatoms. The largest absolute Gasteiger partial charge is 0.364 e. The topological polar surface area (TPSA) is 96.2 Å². The number of hydrogen-bond acceptors (Lipinski definition) is 7. The summed E-state index contributed by atoms with van der Waals surface area (Å²) in [5.41, 5.74) is 0.299. The van der Waals surface area contributed by atoms with Gasteiger partial charge in [-0.2, -0.15) is 4.98 Å². The molecular formula is C12H22N6O2. The first kappa shape index (κ1) is 16.1. The van der Waals surface area contributed by atoms with Crippen LogP contribution in [-0.2, 0) is 0 Å². The van der Waals surface area contributed by atoms with Gasteiger partial charge < -0.3 is 15.5 Å². The molecule has 1 aromatic heterocycles. The molecule has 8 nitrogen and oxygen atoms in total. The molecule has 20 heavy (non-hydrogen) atoms. The molecule has 112 valence electrons. The zero-order valence-electron chi connectivity index (χ0n) is 12.4. The Morgan fingerprint density at radius 2 is 2.00 bits per heavy atom. The van der Waals surface area contributed by atoms with Gasteiger partial charge in [-0.1, -0.05) is 0 Å². The molecule has 0 saturated heterocycles. The SMILES string of the molecule is CCNc1nc(C)c([N+](=O)[O-])c(NCCCN(C)C)n1. The third kappa shape index (κ3) is 4.61. The number of nitrogens with zero attached hydrogens (tertiary/aromatic N) is 4. The van der Waals surface area contributed by atoms with Crippen LogP contribution in [0.5, 0.6) is 0 Å². The van der Waals surface area contributed by atoms with E-state index in [9.17, 15) is 10.1 Å². The smallest absolute Gasteiger partial charge is 0.332 e. The first-order valence-electron chi connectivity index (χ1n) is 6.61. The number of aryl methyl sites for hydroxylation is 1. The van der Waals surface area contributed by atoms with E-state index in [0.717, 1.165) is 13.0 Å². The van der Waals surface area contributed by atoms with Gasteiger partial charge in [0.05, 0.1) is 4.92 Å². The highest BCUT2D eigenvalue weighted by Gasteiger charge is 2.21. The Balaban J connectivity index is 2.86. The van der Waals surface area contributed by atoms with Gasteiger partial charge in [-0.05, 0) is 40.9 Å². The van der Waals surface area contributed by atoms with E-state index >= 15 is 0 Å². The number of anilines is 2. The highest BCUT2D eigenvalue weighted by atomic mass is 16.6. The van der Waals surface area contributed by atoms with Crippen LogP contribution in [-0.4, -0.2) is 53.5 Å². The van der Waals surface area contributed by atoms with Crippen LogP contribution >= 0.6 is 0 Å². The summed E-state index contributed by atoms with van der Waals surface area (Å²) >= 11 is 0. The van der Waals surface area contributed by atoms with Crippen LogP contribution in [0.15, 0.2) is 0 Å². The van der Waals surface area contributed by atoms with Crippen molar-refractivity contribution >= 4 is 17.5 Å². The van der Waals surface area contributed by atoms with Crippen LogP contribution in [0.2, 0.25) is 0 Å². The van der Waals surface area contributed by atoms with Gasteiger partial charge in [-0.3, -0.25) is 10.1 Å². The summed E-state index contributed by atoms with van der Waals surface area (Å²) in [7, 11) is 3.97. The first-order valence-corrected chi connectivity index (χ1v) is 6.61. The minimum absolute atomic E-state index is 0.0588. The summed E-state index contributed by atoms with van der Waals surface area (Å²) in [6.07, 6.45) is 0.879. The fourth-order valence-corrected chi connectivity index (χ4v) is 1.75. The van der Waals surface area contributed by atoms with Gasteiger partial charge in [0, 0.05) is 13.1 Å². The van der Waals surface area contributed by atoms with E-state index in [-0.39, 0.29) is 11.5 Å². The zero-order chi connectivity index (χ0) is 15.1. The Labute approximate surface area is 118 Å². The van der Waals surface area contributed by atoms with Crippen molar-refractivity contribution in [3.8, 4) is 0 Å². The van der Waals surface area contributed by atoms with Crippen molar-refractivity contribution < 1.29 is 4.92 Å². The third-order valence-corrected chi connectivity index (χ3v) is 2.65. The van der Waals surface area contributed by atoms with E-state index in [2.05, 4.69) is 25.5 Å². The standard InChI is InChI=1S/C12H22N6O2/c1-5-13-12-15-9(2)10(18(19)20)11(16-12)14-7-6-8-17(3)4/h5-8H2,1-4H3,(H2,13,14,15,16). The normalized spacial score (nSPS) is 10.7. The summed E-state index contributed by atoms with van der Waals surface area (Å²) in [4.78, 5) is 21.0. The van der Waals surface area contributed by atoms with Crippen LogP contribution in [0.3, 0.4) is 0 Å². The quantitative estimate of drug-likeness (QED) is 0.423. The second-order valence-corrected chi connectivity index (χ2v) is 4.70. The van der Waals surface area contributed by atoms with Gasteiger partial charge in [-0.25, -0.2) is 4.98 Å². The summed E-state index contributed by atoms with van der Waals surface area (Å²) < 4.78 is 0. The summed E-state index contributed by atoms with van der Waals surface area (Å²) in [6, 6.07) is 0. The molecule has 0 amide bonds. The van der Waals surface area contributed by atoms with Crippen LogP contribution in [0, 0.1) is 17.0 Å². The van der Waals surface area contributed by atoms with Crippen LogP contribution < -0.4 is 10.6 Å². The van der Waals surface area contributed by atoms with E-state index in [4.69, 9.17) is 0 Å². The lowest BCUT2D eigenvalue weighted by molar-refractivity contribution is -0.385. The van der Waals surface area contributed by atoms with Gasteiger partial charge >= 0.3 is 5.69 Å². The van der Waals surface area contributed by atoms with Gasteiger partial charge in [0.25, 0.3) is 0 Å². The molecule has 0 aliphatic rings. The Hall–Kier alpha value is -1.96. The minimum Gasteiger partial charge on any atom is -0.364 e. The molecule has 0 radical (unpaired) electrons. The molecule has 0 aliphatic heterocycles. The summed E-state index contributed by atoms with van der Waals surface area (Å²) in [5.74, 6) is 0.683. The molecule has 0 spiro atoms. The number of aromatic nitrogens is 2. The summed E-state index contributed by atoms with van der Waals surface area (Å²) in [5, 5.41) is 17.1. The second-order valence-electron chi connectivity index (χ2n) is 4.70. The van der Waals surface area contributed by atoms with Crippen LogP contribution in [0.4, 0.5) is 17.5 Å². The van der Waals surface area contributed by atoms with E-state index < -0.39 is 4.92 Å². The molecule has 0 bridgehead atoms. The average molecular weight is 282 g/mol. The molecule has 1 aromatic rings. The van der Waals surface area contributed by atoms with E-state index in [1.165, 1.54) is 0 Å². The molecule has 0 unspecified atom stereocenters. The molecule has 1 rings (SSSR count). The third-order valence-electron chi connectivity index (χ3n) is 2.65. The monoisotopic (exact) mass is 282 g/mol. The molecule has 2 N–H and O–H groups in total. The fourth-order valence-electron chi connectivity index (χ4n) is 1.75. The van der Waals surface area contributed by atoms with E-state index in [0.29, 0.717) is 24.7 Å². The molecule has 0 aliphatic carbocycles. The van der Waals surface area contributed by atoms with Gasteiger partial charge in [0.1, 0.15) is 5.69 Å². The Morgan fingerprint density at radius 1 is 1.30 bits per heavy atom. The molecule has 0 aromatic carbocycles. The maximum atomic E-state index is 11.1. The number of hydrogen-bond donors (Lipinski definition) is 2. The van der Waals surface area contributed by atoms with Gasteiger partial charge in [-0.15, -0.1) is 0 Å². The Bertz CT molecular complexity index is 464. The predicted octanol–water partition coefficient (Wildman–Crippen LogP) is 1.49. The first-order chi connectivity index (χ1) is 9.45. The molecule has 0 saturated carbocycles. The maximum absolute atomic E-state index is 11.1. The predicted molar refractivity (Wildman–Crippen MR) is 79.2 cm³/mol. The Kier molecular flexibility index (Phi) is 6.10. The van der Waals surface area contributed by atoms with Crippen molar-refractivity contribution in [2.45, 2.75) is 20.3 Å². The molecule has 0 atom stereocenters. The van der Waals surface area contributed by atoms with Crippen molar-refractivity contribution in [3.05, 3.63) is 15.8 Å². The van der Waals surface area contributed by atoms with E-state index in [1.807, 2.05) is 21.0 Å².